The minimum atomic E-state index is -0.505. The Morgan fingerprint density at radius 2 is 1.71 bits per heavy atom. The van der Waals surface area contributed by atoms with Crippen molar-refractivity contribution in [2.45, 2.75) is 98.0 Å². The Labute approximate surface area is 232 Å². The average molecular weight is 537 g/mol. The van der Waals surface area contributed by atoms with Crippen LogP contribution in [-0.4, -0.2) is 53.2 Å². The molecular weight excluding hydrogens is 495 g/mol. The van der Waals surface area contributed by atoms with Crippen LogP contribution in [0.25, 0.3) is 16.0 Å². The van der Waals surface area contributed by atoms with E-state index < -0.39 is 5.60 Å². The molecule has 2 aromatic rings. The smallest absolute Gasteiger partial charge is 0.444 e. The number of likely N-dealkylation sites (tertiary alicyclic amines) is 1. The van der Waals surface area contributed by atoms with Gasteiger partial charge in [0.25, 0.3) is 0 Å². The molecule has 1 aromatic heterocycles. The molecule has 38 heavy (non-hydrogen) atoms. The SMILES string of the molecule is CC(=N/C=C(\C)c1ccc(-c2ccc(B3OC(C)(C)C(C)(C)O3)s2)cc1)[C@@H]1CCCN1C(=O)OC(C)(C)C. The Morgan fingerprint density at radius 1 is 1.08 bits per heavy atom. The van der Waals surface area contributed by atoms with Gasteiger partial charge in [0.15, 0.2) is 0 Å². The quantitative estimate of drug-likeness (QED) is 0.307. The fourth-order valence-corrected chi connectivity index (χ4v) is 5.56. The molecule has 2 aliphatic heterocycles. The summed E-state index contributed by atoms with van der Waals surface area (Å²) in [5.41, 5.74) is 3.07. The van der Waals surface area contributed by atoms with Gasteiger partial charge in [-0.25, -0.2) is 4.79 Å². The number of carbonyl (C=O) groups excluding carboxylic acids is 1. The zero-order valence-corrected chi connectivity index (χ0v) is 25.1. The van der Waals surface area contributed by atoms with Crippen molar-refractivity contribution in [3.63, 3.8) is 0 Å². The third kappa shape index (κ3) is 6.24. The number of hydrogen-bond acceptors (Lipinski definition) is 6. The molecule has 0 bridgehead atoms. The van der Waals surface area contributed by atoms with Crippen LogP contribution in [0.15, 0.2) is 47.6 Å². The number of amides is 1. The maximum absolute atomic E-state index is 12.6. The molecule has 1 amide bonds. The van der Waals surface area contributed by atoms with Gasteiger partial charge in [0.1, 0.15) is 5.60 Å². The van der Waals surface area contributed by atoms with Crippen LogP contribution < -0.4 is 4.78 Å². The van der Waals surface area contributed by atoms with Gasteiger partial charge >= 0.3 is 13.2 Å². The number of nitrogens with zero attached hydrogens (tertiary/aromatic N) is 2. The molecule has 0 spiro atoms. The van der Waals surface area contributed by atoms with E-state index in [9.17, 15) is 4.79 Å². The normalized spacial score (nSPS) is 21.8. The summed E-state index contributed by atoms with van der Waals surface area (Å²) in [6, 6.07) is 12.8. The lowest BCUT2D eigenvalue weighted by atomic mass is 9.88. The third-order valence-corrected chi connectivity index (χ3v) is 8.72. The van der Waals surface area contributed by atoms with Crippen molar-refractivity contribution in [3.8, 4) is 10.4 Å². The van der Waals surface area contributed by atoms with Gasteiger partial charge in [-0.3, -0.25) is 9.89 Å². The van der Waals surface area contributed by atoms with Crippen LogP contribution in [0.3, 0.4) is 0 Å². The van der Waals surface area contributed by atoms with Crippen molar-refractivity contribution in [2.75, 3.05) is 6.54 Å². The lowest BCUT2D eigenvalue weighted by Gasteiger charge is -2.32. The molecule has 0 radical (unpaired) electrons. The predicted octanol–water partition coefficient (Wildman–Crippen LogP) is 6.94. The Bertz CT molecular complexity index is 1210. The number of carbonyl (C=O) groups is 1. The Morgan fingerprint density at radius 3 is 2.32 bits per heavy atom. The Balaban J connectivity index is 1.42. The fourth-order valence-electron chi connectivity index (χ4n) is 4.59. The molecule has 1 atom stereocenters. The van der Waals surface area contributed by atoms with E-state index >= 15 is 0 Å². The number of allylic oxidation sites excluding steroid dienone is 1. The van der Waals surface area contributed by atoms with Crippen LogP contribution in [0, 0.1) is 0 Å². The average Bonchev–Trinajstić information content (AvgIpc) is 3.54. The molecule has 4 rings (SSSR count). The van der Waals surface area contributed by atoms with Gasteiger partial charge < -0.3 is 14.0 Å². The van der Waals surface area contributed by atoms with Gasteiger partial charge in [-0.15, -0.1) is 11.3 Å². The number of thiophene rings is 1. The molecule has 1 aromatic carbocycles. The molecule has 3 heterocycles. The van der Waals surface area contributed by atoms with Gasteiger partial charge in [0.2, 0.25) is 0 Å². The van der Waals surface area contributed by atoms with Crippen LogP contribution in [0.5, 0.6) is 0 Å². The molecule has 8 heteroatoms. The second-order valence-corrected chi connectivity index (χ2v) is 13.4. The van der Waals surface area contributed by atoms with Gasteiger partial charge in [0, 0.05) is 28.1 Å². The molecule has 204 valence electrons. The minimum Gasteiger partial charge on any atom is -0.444 e. The highest BCUT2D eigenvalue weighted by molar-refractivity contribution is 7.25. The summed E-state index contributed by atoms with van der Waals surface area (Å²) in [7, 11) is -0.338. The second-order valence-electron chi connectivity index (χ2n) is 12.3. The maximum Gasteiger partial charge on any atom is 0.505 e. The maximum atomic E-state index is 12.6. The van der Waals surface area contributed by atoms with Crippen molar-refractivity contribution in [1.29, 1.82) is 0 Å². The number of hydrogen-bond donors (Lipinski definition) is 0. The second kappa shape index (κ2) is 10.6. The highest BCUT2D eigenvalue weighted by atomic mass is 32.1. The summed E-state index contributed by atoms with van der Waals surface area (Å²) in [5.74, 6) is 0. The largest absolute Gasteiger partial charge is 0.505 e. The Hall–Kier alpha value is -2.42. The van der Waals surface area contributed by atoms with Gasteiger partial charge in [-0.05, 0) is 97.9 Å². The van der Waals surface area contributed by atoms with Crippen LogP contribution in [0.2, 0.25) is 0 Å². The summed E-state index contributed by atoms with van der Waals surface area (Å²) in [6.07, 6.45) is 3.50. The topological polar surface area (TPSA) is 60.4 Å². The van der Waals surface area contributed by atoms with E-state index in [0.29, 0.717) is 6.54 Å². The van der Waals surface area contributed by atoms with Crippen LogP contribution in [-0.2, 0) is 14.0 Å². The van der Waals surface area contributed by atoms with E-state index in [2.05, 4.69) is 71.0 Å². The highest BCUT2D eigenvalue weighted by Crippen LogP contribution is 2.37. The van der Waals surface area contributed by atoms with Gasteiger partial charge in [-0.1, -0.05) is 30.3 Å². The van der Waals surface area contributed by atoms with E-state index in [1.807, 2.05) is 33.9 Å². The molecule has 0 unspecified atom stereocenters. The molecule has 2 fully saturated rings. The van der Waals surface area contributed by atoms with E-state index in [1.165, 1.54) is 4.88 Å². The van der Waals surface area contributed by atoms with Crippen molar-refractivity contribution in [2.24, 2.45) is 4.99 Å². The first-order valence-corrected chi connectivity index (χ1v) is 14.3. The molecule has 2 aliphatic rings. The molecule has 2 saturated heterocycles. The molecule has 0 saturated carbocycles. The molecule has 0 aliphatic carbocycles. The van der Waals surface area contributed by atoms with Crippen molar-refractivity contribution < 1.29 is 18.8 Å². The highest BCUT2D eigenvalue weighted by Gasteiger charge is 2.52. The monoisotopic (exact) mass is 536 g/mol. The van der Waals surface area contributed by atoms with Crippen molar-refractivity contribution in [3.05, 3.63) is 48.2 Å². The molecule has 0 N–H and O–H groups in total. The van der Waals surface area contributed by atoms with E-state index in [-0.39, 0.29) is 30.5 Å². The lowest BCUT2D eigenvalue weighted by molar-refractivity contribution is 0.00578. The van der Waals surface area contributed by atoms with Crippen LogP contribution in [0.1, 0.15) is 80.7 Å². The zero-order valence-electron chi connectivity index (χ0n) is 24.3. The van der Waals surface area contributed by atoms with Crippen LogP contribution >= 0.6 is 11.3 Å². The number of aliphatic imine (C=N–C) groups is 1. The summed E-state index contributed by atoms with van der Waals surface area (Å²) in [6.45, 7) is 18.7. The van der Waals surface area contributed by atoms with Crippen molar-refractivity contribution in [1.82, 2.24) is 4.90 Å². The first kappa shape index (κ1) is 28.6. The van der Waals surface area contributed by atoms with Crippen LogP contribution in [0.4, 0.5) is 4.79 Å². The van der Waals surface area contributed by atoms with Crippen molar-refractivity contribution >= 4 is 40.6 Å². The first-order chi connectivity index (χ1) is 17.7. The predicted molar refractivity (Wildman–Crippen MR) is 158 cm³/mol. The van der Waals surface area contributed by atoms with E-state index in [1.54, 1.807) is 16.2 Å². The van der Waals surface area contributed by atoms with E-state index in [0.717, 1.165) is 40.0 Å². The first-order valence-electron chi connectivity index (χ1n) is 13.4. The van der Waals surface area contributed by atoms with Gasteiger partial charge in [0.05, 0.1) is 17.2 Å². The third-order valence-electron chi connectivity index (χ3n) is 7.56. The fraction of sp³-hybridized carbons (Fsp3) is 0.533. The zero-order chi connectivity index (χ0) is 27.9. The molecular formula is C30H41BN2O4S. The van der Waals surface area contributed by atoms with E-state index in [4.69, 9.17) is 19.0 Å². The lowest BCUT2D eigenvalue weighted by Crippen LogP contribution is -2.42. The summed E-state index contributed by atoms with van der Waals surface area (Å²) in [4.78, 5) is 20.4. The standard InChI is InChI=1S/C30H41BN2O4S/c1-20(19-32-21(2)24-11-10-18-33(24)27(34)35-28(3,4)5)22-12-14-23(15-13-22)25-16-17-26(38-25)31-36-29(6,7)30(8,9)37-31/h12-17,19,24H,10-11,18H2,1-9H3/b20-19+,32-21?/t24-/m0/s1. The molecule has 6 nitrogen and oxygen atoms in total. The Kier molecular flexibility index (Phi) is 8.00. The number of ether oxygens (including phenoxy) is 1. The van der Waals surface area contributed by atoms with Gasteiger partial charge in [-0.2, -0.15) is 0 Å². The number of benzene rings is 1. The summed E-state index contributed by atoms with van der Waals surface area (Å²) in [5, 5.41) is 0. The number of rotatable bonds is 5. The minimum absolute atomic E-state index is 0.0201. The summed E-state index contributed by atoms with van der Waals surface area (Å²) >= 11 is 1.70. The summed E-state index contributed by atoms with van der Waals surface area (Å²) < 4.78 is 19.1.